The van der Waals surface area contributed by atoms with E-state index in [-0.39, 0.29) is 12.2 Å². The van der Waals surface area contributed by atoms with Crippen LogP contribution in [0.1, 0.15) is 16.7 Å². The number of imide groups is 1. The third-order valence-electron chi connectivity index (χ3n) is 4.18. The van der Waals surface area contributed by atoms with Gasteiger partial charge in [0.25, 0.3) is 5.91 Å². The van der Waals surface area contributed by atoms with E-state index in [9.17, 15) is 22.8 Å². The molecule has 1 heterocycles. The van der Waals surface area contributed by atoms with Crippen molar-refractivity contribution in [1.82, 2.24) is 4.90 Å². The molecule has 7 heteroatoms. The van der Waals surface area contributed by atoms with Gasteiger partial charge in [0.05, 0.1) is 11.6 Å². The maximum Gasteiger partial charge on any atom is 0.417 e. The summed E-state index contributed by atoms with van der Waals surface area (Å²) in [6, 6.07) is 13.7. The van der Waals surface area contributed by atoms with Crippen LogP contribution in [0.2, 0.25) is 0 Å². The minimum Gasteiger partial charge on any atom is -0.447 e. The van der Waals surface area contributed by atoms with E-state index < -0.39 is 29.8 Å². The lowest BCUT2D eigenvalue weighted by molar-refractivity contribution is -0.137. The number of carbonyl (C=O) groups excluding carboxylic acids is 2. The van der Waals surface area contributed by atoms with Crippen LogP contribution in [-0.4, -0.2) is 29.5 Å². The summed E-state index contributed by atoms with van der Waals surface area (Å²) in [5.74, 6) is -0.713. The molecule has 4 nitrogen and oxygen atoms in total. The zero-order valence-corrected chi connectivity index (χ0v) is 14.1. The Kier molecular flexibility index (Phi) is 5.30. The van der Waals surface area contributed by atoms with Crippen molar-refractivity contribution in [2.75, 3.05) is 6.61 Å². The molecule has 2 aromatic carbocycles. The molecule has 0 spiro atoms. The molecule has 1 fully saturated rings. The summed E-state index contributed by atoms with van der Waals surface area (Å²) < 4.78 is 44.1. The molecule has 27 heavy (non-hydrogen) atoms. The number of cyclic esters (lactones) is 1. The van der Waals surface area contributed by atoms with E-state index in [0.29, 0.717) is 6.42 Å². The molecule has 1 aliphatic rings. The first-order valence-electron chi connectivity index (χ1n) is 8.24. The summed E-state index contributed by atoms with van der Waals surface area (Å²) in [4.78, 5) is 25.3. The highest BCUT2D eigenvalue weighted by Crippen LogP contribution is 2.32. The Bertz CT molecular complexity index is 862. The van der Waals surface area contributed by atoms with Crippen LogP contribution in [0.25, 0.3) is 6.08 Å². The minimum atomic E-state index is -4.54. The average Bonchev–Trinajstić information content (AvgIpc) is 3.00. The molecule has 3 rings (SSSR count). The van der Waals surface area contributed by atoms with Crippen LogP contribution < -0.4 is 0 Å². The number of rotatable bonds is 4. The van der Waals surface area contributed by atoms with Gasteiger partial charge >= 0.3 is 12.3 Å². The Hall–Kier alpha value is -3.09. The van der Waals surface area contributed by atoms with Gasteiger partial charge in [0.1, 0.15) is 6.61 Å². The van der Waals surface area contributed by atoms with E-state index in [1.807, 2.05) is 30.3 Å². The number of nitrogens with zero attached hydrogens (tertiary/aromatic N) is 1. The number of benzene rings is 2. The maximum absolute atomic E-state index is 13.0. The van der Waals surface area contributed by atoms with Gasteiger partial charge in [0.2, 0.25) is 0 Å². The van der Waals surface area contributed by atoms with E-state index in [0.717, 1.165) is 28.7 Å². The SMILES string of the molecule is O=C(/C=C/c1ccccc1C(F)(F)F)N1C(=O)OC[C@@H]1Cc1ccccc1. The van der Waals surface area contributed by atoms with Crippen LogP contribution in [-0.2, 0) is 22.1 Å². The van der Waals surface area contributed by atoms with Crippen LogP contribution in [0.5, 0.6) is 0 Å². The largest absolute Gasteiger partial charge is 0.447 e. The first-order chi connectivity index (χ1) is 12.9. The Morgan fingerprint density at radius 3 is 2.48 bits per heavy atom. The second-order valence-corrected chi connectivity index (χ2v) is 6.05. The summed E-state index contributed by atoms with van der Waals surface area (Å²) in [5, 5.41) is 0. The molecule has 1 atom stereocenters. The molecule has 1 saturated heterocycles. The van der Waals surface area contributed by atoms with Crippen molar-refractivity contribution < 1.29 is 27.5 Å². The molecule has 2 amide bonds. The number of halogens is 3. The Morgan fingerprint density at radius 1 is 1.11 bits per heavy atom. The highest BCUT2D eigenvalue weighted by atomic mass is 19.4. The second kappa shape index (κ2) is 7.65. The van der Waals surface area contributed by atoms with Gasteiger partial charge in [-0.2, -0.15) is 13.2 Å². The summed E-state index contributed by atoms with van der Waals surface area (Å²) >= 11 is 0. The molecule has 2 aromatic rings. The third kappa shape index (κ3) is 4.36. The smallest absolute Gasteiger partial charge is 0.417 e. The van der Waals surface area contributed by atoms with E-state index in [1.54, 1.807) is 0 Å². The van der Waals surface area contributed by atoms with Gasteiger partial charge in [0, 0.05) is 6.08 Å². The fourth-order valence-corrected chi connectivity index (χ4v) is 2.91. The van der Waals surface area contributed by atoms with Gasteiger partial charge < -0.3 is 4.74 Å². The summed E-state index contributed by atoms with van der Waals surface area (Å²) in [5.41, 5.74) is -0.0746. The Morgan fingerprint density at radius 2 is 1.78 bits per heavy atom. The van der Waals surface area contributed by atoms with E-state index in [2.05, 4.69) is 0 Å². The summed E-state index contributed by atoms with van der Waals surface area (Å²) in [7, 11) is 0. The van der Waals surface area contributed by atoms with E-state index in [4.69, 9.17) is 4.74 Å². The lowest BCUT2D eigenvalue weighted by Crippen LogP contribution is -2.39. The fourth-order valence-electron chi connectivity index (χ4n) is 2.91. The van der Waals surface area contributed by atoms with Crippen molar-refractivity contribution in [3.05, 3.63) is 77.4 Å². The van der Waals surface area contributed by atoms with Gasteiger partial charge in [-0.25, -0.2) is 9.69 Å². The molecule has 0 unspecified atom stereocenters. The molecular weight excluding hydrogens is 359 g/mol. The van der Waals surface area contributed by atoms with Gasteiger partial charge in [0.15, 0.2) is 0 Å². The van der Waals surface area contributed by atoms with Gasteiger partial charge in [-0.3, -0.25) is 4.79 Å². The average molecular weight is 375 g/mol. The summed E-state index contributed by atoms with van der Waals surface area (Å²) in [6.07, 6.45) is -2.89. The van der Waals surface area contributed by atoms with Crippen LogP contribution in [0.15, 0.2) is 60.7 Å². The topological polar surface area (TPSA) is 46.6 Å². The lowest BCUT2D eigenvalue weighted by atomic mass is 10.1. The molecule has 0 saturated carbocycles. The molecule has 0 bridgehead atoms. The van der Waals surface area contributed by atoms with Crippen LogP contribution in [0.4, 0.5) is 18.0 Å². The van der Waals surface area contributed by atoms with Crippen molar-refractivity contribution >= 4 is 18.1 Å². The lowest BCUT2D eigenvalue weighted by Gasteiger charge is -2.18. The number of carbonyl (C=O) groups is 2. The molecule has 0 N–H and O–H groups in total. The van der Waals surface area contributed by atoms with Crippen molar-refractivity contribution in [2.24, 2.45) is 0 Å². The molecule has 0 aromatic heterocycles. The zero-order chi connectivity index (χ0) is 19.4. The van der Waals surface area contributed by atoms with Crippen LogP contribution in [0.3, 0.4) is 0 Å². The zero-order valence-electron chi connectivity index (χ0n) is 14.1. The normalized spacial score (nSPS) is 17.4. The Balaban J connectivity index is 1.78. The Labute approximate surface area is 153 Å². The predicted molar refractivity (Wildman–Crippen MR) is 92.6 cm³/mol. The molecular formula is C20H16F3NO3. The number of alkyl halides is 3. The standard InChI is InChI=1S/C20H16F3NO3/c21-20(22,23)17-9-5-4-8-15(17)10-11-18(25)24-16(13-27-19(24)26)12-14-6-2-1-3-7-14/h1-11,16H,12-13H2/b11-10+/t16-/m0/s1. The highest BCUT2D eigenvalue weighted by molar-refractivity contribution is 6.02. The minimum absolute atomic E-state index is 0.0481. The van der Waals surface area contributed by atoms with Crippen molar-refractivity contribution in [3.8, 4) is 0 Å². The van der Waals surface area contributed by atoms with Crippen LogP contribution >= 0.6 is 0 Å². The fraction of sp³-hybridized carbons (Fsp3) is 0.200. The van der Waals surface area contributed by atoms with Crippen molar-refractivity contribution in [1.29, 1.82) is 0 Å². The van der Waals surface area contributed by atoms with Crippen molar-refractivity contribution in [3.63, 3.8) is 0 Å². The summed E-state index contributed by atoms with van der Waals surface area (Å²) in [6.45, 7) is 0.0481. The number of ether oxygens (including phenoxy) is 1. The molecule has 1 aliphatic heterocycles. The van der Waals surface area contributed by atoms with Crippen molar-refractivity contribution in [2.45, 2.75) is 18.6 Å². The number of hydrogen-bond acceptors (Lipinski definition) is 3. The van der Waals surface area contributed by atoms with E-state index in [1.165, 1.54) is 18.2 Å². The second-order valence-electron chi connectivity index (χ2n) is 6.05. The third-order valence-corrected chi connectivity index (χ3v) is 4.18. The highest BCUT2D eigenvalue weighted by Gasteiger charge is 2.37. The predicted octanol–water partition coefficient (Wildman–Crippen LogP) is 4.31. The first-order valence-corrected chi connectivity index (χ1v) is 8.24. The number of amides is 2. The molecule has 140 valence electrons. The van der Waals surface area contributed by atoms with Gasteiger partial charge in [-0.1, -0.05) is 48.5 Å². The maximum atomic E-state index is 13.0. The monoisotopic (exact) mass is 375 g/mol. The van der Waals surface area contributed by atoms with Gasteiger partial charge in [-0.15, -0.1) is 0 Å². The van der Waals surface area contributed by atoms with Gasteiger partial charge in [-0.05, 0) is 29.7 Å². The van der Waals surface area contributed by atoms with Crippen LogP contribution in [0, 0.1) is 0 Å². The van der Waals surface area contributed by atoms with E-state index >= 15 is 0 Å². The number of hydrogen-bond donors (Lipinski definition) is 0. The quantitative estimate of drug-likeness (QED) is 0.749. The first kappa shape index (κ1) is 18.7. The molecule has 0 radical (unpaired) electrons. The molecule has 0 aliphatic carbocycles.